The van der Waals surface area contributed by atoms with Crippen LogP contribution in [0.25, 0.3) is 0 Å². The summed E-state index contributed by atoms with van der Waals surface area (Å²) in [5, 5.41) is 0. The lowest BCUT2D eigenvalue weighted by Crippen LogP contribution is -2.20. The van der Waals surface area contributed by atoms with Gasteiger partial charge in [0.05, 0.1) is 23.3 Å². The summed E-state index contributed by atoms with van der Waals surface area (Å²) >= 11 is 0. The molecule has 0 spiro atoms. The second-order valence-electron chi connectivity index (χ2n) is 6.97. The van der Waals surface area contributed by atoms with Gasteiger partial charge in [0.25, 0.3) is 0 Å². The molecule has 0 radical (unpaired) electrons. The number of carbonyl (C=O) groups excluding carboxylic acids is 2. The minimum Gasteiger partial charge on any atom is -0.459 e. The van der Waals surface area contributed by atoms with Crippen LogP contribution in [0.15, 0.2) is 24.3 Å². The zero-order chi connectivity index (χ0) is 19.4. The van der Waals surface area contributed by atoms with Crippen molar-refractivity contribution in [2.45, 2.75) is 91.3 Å². The highest BCUT2D eigenvalue weighted by Crippen LogP contribution is 2.17. The minimum atomic E-state index is -0.458. The van der Waals surface area contributed by atoms with E-state index in [2.05, 4.69) is 13.8 Å². The van der Waals surface area contributed by atoms with Crippen molar-refractivity contribution < 1.29 is 19.1 Å². The second kappa shape index (κ2) is 12.5. The van der Waals surface area contributed by atoms with Crippen molar-refractivity contribution in [3.63, 3.8) is 0 Å². The van der Waals surface area contributed by atoms with E-state index in [4.69, 9.17) is 9.47 Å². The van der Waals surface area contributed by atoms with E-state index in [-0.39, 0.29) is 23.3 Å². The van der Waals surface area contributed by atoms with Gasteiger partial charge in [-0.3, -0.25) is 0 Å². The SMILES string of the molecule is CCCCCC(C)OC(=O)c1ccccc1C(=O)OC(C)CCCCC. The molecule has 0 saturated heterocycles. The molecular weight excluding hydrogens is 328 g/mol. The molecule has 4 heteroatoms. The van der Waals surface area contributed by atoms with Crippen LogP contribution < -0.4 is 0 Å². The Bertz CT molecular complexity index is 504. The largest absolute Gasteiger partial charge is 0.459 e. The van der Waals surface area contributed by atoms with E-state index in [1.807, 2.05) is 13.8 Å². The predicted octanol–water partition coefficient (Wildman–Crippen LogP) is 5.94. The summed E-state index contributed by atoms with van der Waals surface area (Å²) in [5.74, 6) is -0.916. The number of unbranched alkanes of at least 4 members (excludes halogenated alkanes) is 4. The summed E-state index contributed by atoms with van der Waals surface area (Å²) in [4.78, 5) is 25.0. The number of esters is 2. The number of benzene rings is 1. The van der Waals surface area contributed by atoms with E-state index < -0.39 is 11.9 Å². The van der Waals surface area contributed by atoms with Crippen LogP contribution in [0.4, 0.5) is 0 Å². The van der Waals surface area contributed by atoms with Gasteiger partial charge in [0.15, 0.2) is 0 Å². The van der Waals surface area contributed by atoms with Gasteiger partial charge in [0.1, 0.15) is 0 Å². The maximum absolute atomic E-state index is 12.5. The second-order valence-corrected chi connectivity index (χ2v) is 6.97. The zero-order valence-electron chi connectivity index (χ0n) is 16.8. The van der Waals surface area contributed by atoms with E-state index in [1.165, 1.54) is 0 Å². The number of carbonyl (C=O) groups is 2. The van der Waals surface area contributed by atoms with Crippen molar-refractivity contribution in [2.75, 3.05) is 0 Å². The van der Waals surface area contributed by atoms with Crippen LogP contribution in [0.3, 0.4) is 0 Å². The first-order valence-corrected chi connectivity index (χ1v) is 10.0. The zero-order valence-corrected chi connectivity index (χ0v) is 16.8. The van der Waals surface area contributed by atoms with Gasteiger partial charge < -0.3 is 9.47 Å². The smallest absolute Gasteiger partial charge is 0.339 e. The molecule has 0 N–H and O–H groups in total. The topological polar surface area (TPSA) is 52.6 Å². The summed E-state index contributed by atoms with van der Waals surface area (Å²) in [5.41, 5.74) is 0.557. The summed E-state index contributed by atoms with van der Waals surface area (Å²) < 4.78 is 11.0. The Morgan fingerprint density at radius 1 is 0.769 bits per heavy atom. The quantitative estimate of drug-likeness (QED) is 0.341. The highest BCUT2D eigenvalue weighted by molar-refractivity contribution is 6.03. The molecule has 0 aliphatic carbocycles. The molecule has 2 unspecified atom stereocenters. The first-order chi connectivity index (χ1) is 12.5. The van der Waals surface area contributed by atoms with E-state index >= 15 is 0 Å². The number of rotatable bonds is 12. The van der Waals surface area contributed by atoms with Crippen LogP contribution in [0.1, 0.15) is 99.8 Å². The lowest BCUT2D eigenvalue weighted by Gasteiger charge is -2.16. The maximum Gasteiger partial charge on any atom is 0.339 e. The summed E-state index contributed by atoms with van der Waals surface area (Å²) in [6, 6.07) is 6.72. The van der Waals surface area contributed by atoms with Crippen molar-refractivity contribution in [3.8, 4) is 0 Å². The van der Waals surface area contributed by atoms with Crippen LogP contribution in [0.5, 0.6) is 0 Å². The third kappa shape index (κ3) is 8.03. The fourth-order valence-electron chi connectivity index (χ4n) is 2.81. The third-order valence-electron chi connectivity index (χ3n) is 4.41. The molecule has 1 aromatic carbocycles. The van der Waals surface area contributed by atoms with Gasteiger partial charge in [-0.05, 0) is 51.7 Å². The van der Waals surface area contributed by atoms with E-state index in [1.54, 1.807) is 24.3 Å². The Morgan fingerprint density at radius 2 is 1.15 bits per heavy atom. The summed E-state index contributed by atoms with van der Waals surface area (Å²) in [6.07, 6.45) is 7.92. The molecule has 4 nitrogen and oxygen atoms in total. The van der Waals surface area contributed by atoms with Crippen molar-refractivity contribution in [1.29, 1.82) is 0 Å². The fourth-order valence-corrected chi connectivity index (χ4v) is 2.81. The van der Waals surface area contributed by atoms with Crippen molar-refractivity contribution in [2.24, 2.45) is 0 Å². The lowest BCUT2D eigenvalue weighted by atomic mass is 10.1. The van der Waals surface area contributed by atoms with Crippen LogP contribution >= 0.6 is 0 Å². The minimum absolute atomic E-state index is 0.161. The molecule has 0 aromatic heterocycles. The summed E-state index contributed by atoms with van der Waals surface area (Å²) in [6.45, 7) is 8.07. The van der Waals surface area contributed by atoms with Gasteiger partial charge >= 0.3 is 11.9 Å². The Kier molecular flexibility index (Phi) is 10.7. The number of hydrogen-bond acceptors (Lipinski definition) is 4. The Morgan fingerprint density at radius 3 is 1.50 bits per heavy atom. The molecule has 0 aliphatic heterocycles. The molecule has 2 atom stereocenters. The van der Waals surface area contributed by atoms with Gasteiger partial charge in [0.2, 0.25) is 0 Å². The normalized spacial score (nSPS) is 13.1. The molecule has 0 amide bonds. The predicted molar refractivity (Wildman–Crippen MR) is 104 cm³/mol. The van der Waals surface area contributed by atoms with E-state index in [9.17, 15) is 9.59 Å². The van der Waals surface area contributed by atoms with E-state index in [0.717, 1.165) is 51.4 Å². The van der Waals surface area contributed by atoms with Gasteiger partial charge in [-0.2, -0.15) is 0 Å². The monoisotopic (exact) mass is 362 g/mol. The third-order valence-corrected chi connectivity index (χ3v) is 4.41. The molecule has 0 saturated carbocycles. The fraction of sp³-hybridized carbons (Fsp3) is 0.636. The van der Waals surface area contributed by atoms with Crippen molar-refractivity contribution in [3.05, 3.63) is 35.4 Å². The van der Waals surface area contributed by atoms with Crippen LogP contribution in [-0.2, 0) is 9.47 Å². The lowest BCUT2D eigenvalue weighted by molar-refractivity contribution is 0.0270. The molecule has 1 rings (SSSR count). The van der Waals surface area contributed by atoms with E-state index in [0.29, 0.717) is 0 Å². The van der Waals surface area contributed by atoms with Crippen LogP contribution in [0, 0.1) is 0 Å². The van der Waals surface area contributed by atoms with Gasteiger partial charge in [0, 0.05) is 0 Å². The number of ether oxygens (including phenoxy) is 2. The highest BCUT2D eigenvalue weighted by atomic mass is 16.5. The standard InChI is InChI=1S/C22H34O4/c1-5-7-9-13-17(3)25-21(23)19-15-11-12-16-20(19)22(24)26-18(4)14-10-8-6-2/h11-12,15-18H,5-10,13-14H2,1-4H3. The Hall–Kier alpha value is -1.84. The van der Waals surface area contributed by atoms with Gasteiger partial charge in [-0.15, -0.1) is 0 Å². The number of hydrogen-bond donors (Lipinski definition) is 0. The first-order valence-electron chi connectivity index (χ1n) is 10.0. The van der Waals surface area contributed by atoms with Crippen molar-refractivity contribution in [1.82, 2.24) is 0 Å². The molecule has 0 aliphatic rings. The Balaban J connectivity index is 2.67. The average Bonchev–Trinajstić information content (AvgIpc) is 2.62. The maximum atomic E-state index is 12.5. The van der Waals surface area contributed by atoms with Crippen LogP contribution in [0.2, 0.25) is 0 Å². The first kappa shape index (κ1) is 22.2. The Labute approximate surface area is 158 Å². The van der Waals surface area contributed by atoms with Crippen LogP contribution in [-0.4, -0.2) is 24.1 Å². The van der Waals surface area contributed by atoms with Crippen molar-refractivity contribution >= 4 is 11.9 Å². The molecule has 146 valence electrons. The molecular formula is C22H34O4. The molecule has 0 heterocycles. The molecule has 0 bridgehead atoms. The molecule has 26 heavy (non-hydrogen) atoms. The highest BCUT2D eigenvalue weighted by Gasteiger charge is 2.21. The molecule has 0 fully saturated rings. The average molecular weight is 363 g/mol. The van der Waals surface area contributed by atoms with Gasteiger partial charge in [-0.25, -0.2) is 9.59 Å². The summed E-state index contributed by atoms with van der Waals surface area (Å²) in [7, 11) is 0. The molecule has 1 aromatic rings. The van der Waals surface area contributed by atoms with Gasteiger partial charge in [-0.1, -0.05) is 51.7 Å².